The monoisotopic (exact) mass is 302 g/mol. The van der Waals surface area contributed by atoms with Gasteiger partial charge in [0.25, 0.3) is 0 Å². The molecule has 1 rings (SSSR count). The second-order valence-electron chi connectivity index (χ2n) is 5.02. The van der Waals surface area contributed by atoms with Crippen LogP contribution in [0.15, 0.2) is 23.1 Å². The van der Waals surface area contributed by atoms with Gasteiger partial charge in [-0.1, -0.05) is 19.9 Å². The van der Waals surface area contributed by atoms with Crippen molar-refractivity contribution in [1.29, 1.82) is 0 Å². The maximum atomic E-state index is 13.4. The first-order chi connectivity index (χ1) is 9.25. The molecule has 2 N–H and O–H groups in total. The van der Waals surface area contributed by atoms with Crippen molar-refractivity contribution in [2.24, 2.45) is 5.73 Å². The number of hydrogen-bond donors (Lipinski definition) is 1. The van der Waals surface area contributed by atoms with E-state index in [2.05, 4.69) is 0 Å². The Hall–Kier alpha value is -0.980. The third-order valence-electron chi connectivity index (χ3n) is 4.15. The number of hydrogen-bond acceptors (Lipinski definition) is 3. The summed E-state index contributed by atoms with van der Waals surface area (Å²) in [7, 11) is -2.26. The zero-order valence-corrected chi connectivity index (χ0v) is 13.3. The lowest BCUT2D eigenvalue weighted by Crippen LogP contribution is -2.53. The van der Waals surface area contributed by atoms with E-state index in [1.165, 1.54) is 23.5 Å². The van der Waals surface area contributed by atoms with Crippen molar-refractivity contribution >= 4 is 10.0 Å². The zero-order chi connectivity index (χ0) is 15.6. The Labute approximate surface area is 120 Å². The molecule has 1 aromatic rings. The molecule has 0 amide bonds. The summed E-state index contributed by atoms with van der Waals surface area (Å²) < 4.78 is 40.1. The molecule has 0 aromatic heterocycles. The molecule has 1 aromatic carbocycles. The molecular formula is C14H23FN2O2S. The predicted octanol–water partition coefficient (Wildman–Crippen LogP) is 2.27. The molecule has 0 spiro atoms. The molecular weight excluding hydrogens is 279 g/mol. The van der Waals surface area contributed by atoms with Crippen LogP contribution < -0.4 is 5.73 Å². The molecule has 0 fully saturated rings. The summed E-state index contributed by atoms with van der Waals surface area (Å²) in [6.45, 7) is 5.69. The van der Waals surface area contributed by atoms with Gasteiger partial charge in [-0.25, -0.2) is 12.8 Å². The molecule has 0 aliphatic carbocycles. The quantitative estimate of drug-likeness (QED) is 0.877. The van der Waals surface area contributed by atoms with Crippen molar-refractivity contribution in [1.82, 2.24) is 4.31 Å². The standard InChI is InChI=1S/C14H23FN2O2S/c1-5-14(6-2,10-16)17(4)20(18,19)13-9-12(15)8-7-11(13)3/h7-9H,5-6,10,16H2,1-4H3. The highest BCUT2D eigenvalue weighted by Gasteiger charge is 2.38. The summed E-state index contributed by atoms with van der Waals surface area (Å²) in [5.74, 6) is -0.561. The fraction of sp³-hybridized carbons (Fsp3) is 0.571. The van der Waals surface area contributed by atoms with Gasteiger partial charge in [-0.05, 0) is 37.5 Å². The van der Waals surface area contributed by atoms with Crippen LogP contribution >= 0.6 is 0 Å². The third-order valence-corrected chi connectivity index (χ3v) is 6.26. The van der Waals surface area contributed by atoms with Crippen molar-refractivity contribution in [2.75, 3.05) is 13.6 Å². The van der Waals surface area contributed by atoms with Crippen LogP contribution in [-0.4, -0.2) is 31.9 Å². The lowest BCUT2D eigenvalue weighted by molar-refractivity contribution is 0.208. The topological polar surface area (TPSA) is 63.4 Å². The fourth-order valence-corrected chi connectivity index (χ4v) is 4.24. The van der Waals surface area contributed by atoms with Gasteiger partial charge in [0.2, 0.25) is 10.0 Å². The lowest BCUT2D eigenvalue weighted by Gasteiger charge is -2.39. The van der Waals surface area contributed by atoms with E-state index in [9.17, 15) is 12.8 Å². The van der Waals surface area contributed by atoms with Gasteiger partial charge in [0.05, 0.1) is 4.90 Å². The Kier molecular flexibility index (Phi) is 5.29. The molecule has 20 heavy (non-hydrogen) atoms. The van der Waals surface area contributed by atoms with Gasteiger partial charge >= 0.3 is 0 Å². The Balaban J connectivity index is 3.39. The van der Waals surface area contributed by atoms with Crippen LogP contribution in [0.3, 0.4) is 0 Å². The maximum absolute atomic E-state index is 13.4. The average Bonchev–Trinajstić information content (AvgIpc) is 2.43. The van der Waals surface area contributed by atoms with E-state index in [-0.39, 0.29) is 11.4 Å². The average molecular weight is 302 g/mol. The molecule has 114 valence electrons. The first-order valence-electron chi connectivity index (χ1n) is 6.70. The zero-order valence-electron chi connectivity index (χ0n) is 12.5. The van der Waals surface area contributed by atoms with Crippen molar-refractivity contribution < 1.29 is 12.8 Å². The van der Waals surface area contributed by atoms with E-state index in [1.54, 1.807) is 6.92 Å². The van der Waals surface area contributed by atoms with Crippen LogP contribution in [0.2, 0.25) is 0 Å². The number of nitrogens with two attached hydrogens (primary N) is 1. The Morgan fingerprint density at radius 2 is 1.85 bits per heavy atom. The molecule has 0 saturated carbocycles. The summed E-state index contributed by atoms with van der Waals surface area (Å²) in [4.78, 5) is -0.000255. The Bertz CT molecular complexity index is 560. The van der Waals surface area contributed by atoms with Crippen LogP contribution in [-0.2, 0) is 10.0 Å². The van der Waals surface area contributed by atoms with Crippen molar-refractivity contribution in [3.8, 4) is 0 Å². The summed E-state index contributed by atoms with van der Waals surface area (Å²) >= 11 is 0. The normalized spacial score (nSPS) is 12.9. The fourth-order valence-electron chi connectivity index (χ4n) is 2.37. The molecule has 0 atom stereocenters. The van der Waals surface area contributed by atoms with Crippen molar-refractivity contribution in [3.63, 3.8) is 0 Å². The van der Waals surface area contributed by atoms with Crippen molar-refractivity contribution in [3.05, 3.63) is 29.6 Å². The van der Waals surface area contributed by atoms with E-state index < -0.39 is 21.4 Å². The van der Waals surface area contributed by atoms with Crippen LogP contribution in [0, 0.1) is 12.7 Å². The van der Waals surface area contributed by atoms with Gasteiger partial charge in [0.1, 0.15) is 5.82 Å². The van der Waals surface area contributed by atoms with Crippen LogP contribution in [0.4, 0.5) is 4.39 Å². The summed E-state index contributed by atoms with van der Waals surface area (Å²) in [5.41, 5.74) is 5.68. The lowest BCUT2D eigenvalue weighted by atomic mass is 9.93. The first kappa shape index (κ1) is 17.1. The second-order valence-corrected chi connectivity index (χ2v) is 6.96. The maximum Gasteiger partial charge on any atom is 0.243 e. The molecule has 0 radical (unpaired) electrons. The smallest absolute Gasteiger partial charge is 0.243 e. The second kappa shape index (κ2) is 6.20. The Morgan fingerprint density at radius 1 is 1.30 bits per heavy atom. The predicted molar refractivity (Wildman–Crippen MR) is 78.5 cm³/mol. The SMILES string of the molecule is CCC(CC)(CN)N(C)S(=O)(=O)c1cc(F)ccc1C. The first-order valence-corrected chi connectivity index (χ1v) is 8.14. The number of benzene rings is 1. The summed E-state index contributed by atoms with van der Waals surface area (Å²) in [5, 5.41) is 0. The number of rotatable bonds is 6. The molecule has 0 aliphatic heterocycles. The van der Waals surface area contributed by atoms with Crippen molar-refractivity contribution in [2.45, 2.75) is 44.0 Å². The molecule has 6 heteroatoms. The van der Waals surface area contributed by atoms with Crippen LogP contribution in [0.25, 0.3) is 0 Å². The minimum Gasteiger partial charge on any atom is -0.329 e. The molecule has 0 saturated heterocycles. The minimum atomic E-state index is -3.77. The highest BCUT2D eigenvalue weighted by atomic mass is 32.2. The van der Waals surface area contributed by atoms with Gasteiger partial charge in [-0.15, -0.1) is 0 Å². The van der Waals surface area contributed by atoms with E-state index in [4.69, 9.17) is 5.73 Å². The van der Waals surface area contributed by atoms with E-state index >= 15 is 0 Å². The van der Waals surface area contributed by atoms with Crippen LogP contribution in [0.5, 0.6) is 0 Å². The van der Waals surface area contributed by atoms with E-state index in [1.807, 2.05) is 13.8 Å². The number of likely N-dealkylation sites (N-methyl/N-ethyl adjacent to an activating group) is 1. The number of halogens is 1. The highest BCUT2D eigenvalue weighted by Crippen LogP contribution is 2.29. The van der Waals surface area contributed by atoms with Crippen LogP contribution in [0.1, 0.15) is 32.3 Å². The molecule has 0 unspecified atom stereocenters. The summed E-state index contributed by atoms with van der Waals surface area (Å²) in [6, 6.07) is 3.79. The highest BCUT2D eigenvalue weighted by molar-refractivity contribution is 7.89. The number of sulfonamides is 1. The third kappa shape index (κ3) is 2.87. The molecule has 0 heterocycles. The molecule has 0 bridgehead atoms. The van der Waals surface area contributed by atoms with Gasteiger partial charge in [-0.3, -0.25) is 0 Å². The van der Waals surface area contributed by atoms with Gasteiger partial charge in [-0.2, -0.15) is 4.31 Å². The molecule has 0 aliphatic rings. The number of aryl methyl sites for hydroxylation is 1. The summed E-state index contributed by atoms with van der Waals surface area (Å²) in [6.07, 6.45) is 1.20. The van der Waals surface area contributed by atoms with Gasteiger partial charge in [0, 0.05) is 19.1 Å². The van der Waals surface area contributed by atoms with E-state index in [0.29, 0.717) is 18.4 Å². The van der Waals surface area contributed by atoms with Gasteiger partial charge in [0.15, 0.2) is 0 Å². The molecule has 4 nitrogen and oxygen atoms in total. The minimum absolute atomic E-state index is 0.000255. The largest absolute Gasteiger partial charge is 0.329 e. The number of nitrogens with zero attached hydrogens (tertiary/aromatic N) is 1. The van der Waals surface area contributed by atoms with E-state index in [0.717, 1.165) is 6.07 Å². The Morgan fingerprint density at radius 3 is 2.30 bits per heavy atom. The van der Waals surface area contributed by atoms with Gasteiger partial charge < -0.3 is 5.73 Å².